The van der Waals surface area contributed by atoms with Crippen LogP contribution in [0, 0.1) is 0 Å². The average molecular weight is 164 g/mol. The van der Waals surface area contributed by atoms with Gasteiger partial charge in [-0.05, 0) is 6.07 Å². The Morgan fingerprint density at radius 3 is 2.83 bits per heavy atom. The minimum absolute atomic E-state index is 0.560. The lowest BCUT2D eigenvalue weighted by Crippen LogP contribution is -1.91. The van der Waals surface area contributed by atoms with Crippen LogP contribution in [0.15, 0.2) is 37.1 Å². The van der Waals surface area contributed by atoms with E-state index in [1.807, 2.05) is 24.3 Å². The zero-order valence-electron chi connectivity index (χ0n) is 7.12. The van der Waals surface area contributed by atoms with E-state index in [1.165, 1.54) is 6.26 Å². The molecule has 0 aliphatic heterocycles. The van der Waals surface area contributed by atoms with Gasteiger partial charge in [-0.15, -0.1) is 0 Å². The SMILES string of the molecule is C=COc1ccccc1COC. The van der Waals surface area contributed by atoms with Gasteiger partial charge < -0.3 is 9.47 Å². The third-order valence-corrected chi connectivity index (χ3v) is 1.48. The maximum absolute atomic E-state index is 5.17. The molecule has 0 atom stereocenters. The van der Waals surface area contributed by atoms with E-state index in [0.717, 1.165) is 11.3 Å². The molecule has 0 saturated heterocycles. The van der Waals surface area contributed by atoms with Gasteiger partial charge in [-0.25, -0.2) is 0 Å². The normalized spacial score (nSPS) is 9.42. The van der Waals surface area contributed by atoms with Crippen LogP contribution in [0.4, 0.5) is 0 Å². The van der Waals surface area contributed by atoms with Gasteiger partial charge in [0.1, 0.15) is 5.75 Å². The minimum Gasteiger partial charge on any atom is -0.465 e. The third kappa shape index (κ3) is 2.10. The molecule has 0 unspecified atom stereocenters. The molecule has 1 aromatic carbocycles. The molecule has 0 spiro atoms. The summed E-state index contributed by atoms with van der Waals surface area (Å²) in [4.78, 5) is 0. The minimum atomic E-state index is 0.560. The Labute approximate surface area is 72.4 Å². The highest BCUT2D eigenvalue weighted by atomic mass is 16.5. The summed E-state index contributed by atoms with van der Waals surface area (Å²) in [5.74, 6) is 0.800. The summed E-state index contributed by atoms with van der Waals surface area (Å²) in [6.07, 6.45) is 1.41. The van der Waals surface area contributed by atoms with Crippen molar-refractivity contribution in [3.05, 3.63) is 42.7 Å². The lowest BCUT2D eigenvalue weighted by atomic mass is 10.2. The van der Waals surface area contributed by atoms with Crippen LogP contribution >= 0.6 is 0 Å². The van der Waals surface area contributed by atoms with Crippen molar-refractivity contribution in [3.63, 3.8) is 0 Å². The van der Waals surface area contributed by atoms with E-state index in [-0.39, 0.29) is 0 Å². The van der Waals surface area contributed by atoms with Gasteiger partial charge in [-0.3, -0.25) is 0 Å². The predicted octanol–water partition coefficient (Wildman–Crippen LogP) is 2.36. The van der Waals surface area contributed by atoms with Crippen LogP contribution in [0.2, 0.25) is 0 Å². The molecule has 0 bridgehead atoms. The van der Waals surface area contributed by atoms with E-state index < -0.39 is 0 Å². The van der Waals surface area contributed by atoms with E-state index in [0.29, 0.717) is 6.61 Å². The molecule has 0 aromatic heterocycles. The Kier molecular flexibility index (Phi) is 3.35. The summed E-state index contributed by atoms with van der Waals surface area (Å²) in [5, 5.41) is 0. The van der Waals surface area contributed by atoms with Gasteiger partial charge in [0.05, 0.1) is 12.9 Å². The largest absolute Gasteiger partial charge is 0.465 e. The van der Waals surface area contributed by atoms with Gasteiger partial charge in [0.15, 0.2) is 0 Å². The number of hydrogen-bond acceptors (Lipinski definition) is 2. The first-order chi connectivity index (χ1) is 5.88. The number of hydrogen-bond donors (Lipinski definition) is 0. The summed E-state index contributed by atoms with van der Waals surface area (Å²) in [5.41, 5.74) is 1.03. The van der Waals surface area contributed by atoms with Crippen molar-refractivity contribution < 1.29 is 9.47 Å². The highest BCUT2D eigenvalue weighted by Gasteiger charge is 1.99. The molecular weight excluding hydrogens is 152 g/mol. The fourth-order valence-corrected chi connectivity index (χ4v) is 0.983. The molecule has 1 aromatic rings. The first-order valence-electron chi connectivity index (χ1n) is 3.73. The lowest BCUT2D eigenvalue weighted by Gasteiger charge is -2.05. The van der Waals surface area contributed by atoms with E-state index in [1.54, 1.807) is 7.11 Å². The average Bonchev–Trinajstić information content (AvgIpc) is 2.09. The van der Waals surface area contributed by atoms with E-state index in [2.05, 4.69) is 6.58 Å². The molecule has 0 amide bonds. The van der Waals surface area contributed by atoms with Gasteiger partial charge >= 0.3 is 0 Å². The van der Waals surface area contributed by atoms with E-state index >= 15 is 0 Å². The molecule has 0 fully saturated rings. The van der Waals surface area contributed by atoms with E-state index in [9.17, 15) is 0 Å². The van der Waals surface area contributed by atoms with Gasteiger partial charge in [0.2, 0.25) is 0 Å². The molecule has 2 nitrogen and oxygen atoms in total. The van der Waals surface area contributed by atoms with Crippen LogP contribution in [0.25, 0.3) is 0 Å². The molecule has 0 radical (unpaired) electrons. The summed E-state index contributed by atoms with van der Waals surface area (Å²) >= 11 is 0. The summed E-state index contributed by atoms with van der Waals surface area (Å²) < 4.78 is 10.2. The molecule has 1 rings (SSSR count). The van der Waals surface area contributed by atoms with Gasteiger partial charge in [-0.1, -0.05) is 24.8 Å². The molecule has 0 aliphatic rings. The van der Waals surface area contributed by atoms with Crippen LogP contribution in [0.3, 0.4) is 0 Å². The first kappa shape index (κ1) is 8.81. The number of rotatable bonds is 4. The topological polar surface area (TPSA) is 18.5 Å². The Balaban J connectivity index is 2.83. The third-order valence-electron chi connectivity index (χ3n) is 1.48. The second-order valence-electron chi connectivity index (χ2n) is 2.33. The molecule has 0 heterocycles. The second kappa shape index (κ2) is 4.57. The number of para-hydroxylation sites is 1. The van der Waals surface area contributed by atoms with Crippen molar-refractivity contribution in [2.45, 2.75) is 6.61 Å². The predicted molar refractivity (Wildman–Crippen MR) is 48.0 cm³/mol. The van der Waals surface area contributed by atoms with Crippen molar-refractivity contribution in [2.75, 3.05) is 7.11 Å². The smallest absolute Gasteiger partial charge is 0.131 e. The Bertz CT molecular complexity index is 256. The highest BCUT2D eigenvalue weighted by Crippen LogP contribution is 2.18. The maximum Gasteiger partial charge on any atom is 0.131 e. The zero-order chi connectivity index (χ0) is 8.81. The molecule has 64 valence electrons. The standard InChI is InChI=1S/C10H12O2/c1-3-12-10-7-5-4-6-9(10)8-11-2/h3-7H,1,8H2,2H3. The lowest BCUT2D eigenvalue weighted by molar-refractivity contribution is 0.182. The zero-order valence-corrected chi connectivity index (χ0v) is 7.12. The molecule has 0 N–H and O–H groups in total. The first-order valence-corrected chi connectivity index (χ1v) is 3.73. The fraction of sp³-hybridized carbons (Fsp3) is 0.200. The number of ether oxygens (including phenoxy) is 2. The van der Waals surface area contributed by atoms with Crippen LogP contribution in [-0.4, -0.2) is 7.11 Å². The van der Waals surface area contributed by atoms with Crippen LogP contribution in [0.5, 0.6) is 5.75 Å². The van der Waals surface area contributed by atoms with Crippen LogP contribution in [-0.2, 0) is 11.3 Å². The summed E-state index contributed by atoms with van der Waals surface area (Å²) in [6.45, 7) is 4.05. The van der Waals surface area contributed by atoms with E-state index in [4.69, 9.17) is 9.47 Å². The van der Waals surface area contributed by atoms with Crippen molar-refractivity contribution in [2.24, 2.45) is 0 Å². The van der Waals surface area contributed by atoms with Crippen LogP contribution in [0.1, 0.15) is 5.56 Å². The van der Waals surface area contributed by atoms with Crippen LogP contribution < -0.4 is 4.74 Å². The summed E-state index contributed by atoms with van der Waals surface area (Å²) in [7, 11) is 1.66. The Morgan fingerprint density at radius 1 is 1.42 bits per heavy atom. The molecule has 2 heteroatoms. The fourth-order valence-electron chi connectivity index (χ4n) is 0.983. The Morgan fingerprint density at radius 2 is 2.17 bits per heavy atom. The monoisotopic (exact) mass is 164 g/mol. The Hall–Kier alpha value is -1.28. The van der Waals surface area contributed by atoms with Crippen molar-refractivity contribution >= 4 is 0 Å². The maximum atomic E-state index is 5.17. The van der Waals surface area contributed by atoms with Gasteiger partial charge in [-0.2, -0.15) is 0 Å². The quantitative estimate of drug-likeness (QED) is 0.636. The second-order valence-corrected chi connectivity index (χ2v) is 2.33. The molecular formula is C10H12O2. The van der Waals surface area contributed by atoms with Gasteiger partial charge in [0, 0.05) is 12.7 Å². The molecule has 12 heavy (non-hydrogen) atoms. The van der Waals surface area contributed by atoms with Gasteiger partial charge in [0.25, 0.3) is 0 Å². The molecule has 0 saturated carbocycles. The summed E-state index contributed by atoms with van der Waals surface area (Å²) in [6, 6.07) is 7.71. The highest BCUT2D eigenvalue weighted by molar-refractivity contribution is 5.33. The number of methoxy groups -OCH3 is 1. The molecule has 0 aliphatic carbocycles. The van der Waals surface area contributed by atoms with Crippen molar-refractivity contribution in [1.29, 1.82) is 0 Å². The van der Waals surface area contributed by atoms with Crippen molar-refractivity contribution in [3.8, 4) is 5.75 Å². The number of benzene rings is 1. The van der Waals surface area contributed by atoms with Crippen molar-refractivity contribution in [1.82, 2.24) is 0 Å².